The number of aromatic nitrogens is 1. The molecule has 0 fully saturated rings. The number of fused-ring (bicyclic) bond motifs is 1. The Labute approximate surface area is 85.1 Å². The molecule has 0 saturated heterocycles. The Balaban J connectivity index is 2.77. The summed E-state index contributed by atoms with van der Waals surface area (Å²) >= 11 is 3.45. The fourth-order valence-corrected chi connectivity index (χ4v) is 1.85. The summed E-state index contributed by atoms with van der Waals surface area (Å²) in [5, 5.41) is 0. The predicted molar refractivity (Wildman–Crippen MR) is 55.8 cm³/mol. The van der Waals surface area contributed by atoms with Crippen LogP contribution >= 0.6 is 15.9 Å². The fourth-order valence-electron chi connectivity index (χ4n) is 1.39. The van der Waals surface area contributed by atoms with Gasteiger partial charge in [-0.2, -0.15) is 0 Å². The predicted octanol–water partition coefficient (Wildman–Crippen LogP) is 3.71. The lowest BCUT2D eigenvalue weighted by Crippen LogP contribution is -1.87. The summed E-state index contributed by atoms with van der Waals surface area (Å²) in [4.78, 5) is 4.13. The molecule has 2 aromatic rings. The molecule has 3 heteroatoms. The van der Waals surface area contributed by atoms with Crippen LogP contribution in [0, 0.1) is 0 Å². The van der Waals surface area contributed by atoms with Crippen LogP contribution in [0.1, 0.15) is 25.3 Å². The van der Waals surface area contributed by atoms with Crippen LogP contribution in [0.25, 0.3) is 11.1 Å². The van der Waals surface area contributed by atoms with E-state index < -0.39 is 0 Å². The molecule has 0 radical (unpaired) electrons. The molecule has 0 aliphatic rings. The van der Waals surface area contributed by atoms with Crippen LogP contribution < -0.4 is 0 Å². The topological polar surface area (TPSA) is 26.0 Å². The second kappa shape index (κ2) is 3.14. The first-order chi connectivity index (χ1) is 6.18. The maximum Gasteiger partial charge on any atom is 0.181 e. The Morgan fingerprint density at radius 1 is 1.38 bits per heavy atom. The average Bonchev–Trinajstić information content (AvgIpc) is 2.49. The number of nitrogens with zero attached hydrogens (tertiary/aromatic N) is 1. The first-order valence-electron chi connectivity index (χ1n) is 4.21. The van der Waals surface area contributed by atoms with E-state index in [9.17, 15) is 0 Å². The zero-order valence-electron chi connectivity index (χ0n) is 7.54. The highest BCUT2D eigenvalue weighted by molar-refractivity contribution is 9.10. The smallest absolute Gasteiger partial charge is 0.181 e. The van der Waals surface area contributed by atoms with E-state index in [-0.39, 0.29) is 0 Å². The van der Waals surface area contributed by atoms with Gasteiger partial charge in [-0.05, 0) is 18.1 Å². The highest BCUT2D eigenvalue weighted by atomic mass is 79.9. The molecule has 2 nitrogen and oxygen atoms in total. The molecule has 0 saturated carbocycles. The third-order valence-electron chi connectivity index (χ3n) is 2.05. The van der Waals surface area contributed by atoms with Crippen molar-refractivity contribution in [3.63, 3.8) is 0 Å². The molecular weight excluding hydrogens is 230 g/mol. The third-order valence-corrected chi connectivity index (χ3v) is 2.51. The molecule has 0 spiro atoms. The number of rotatable bonds is 1. The first-order valence-corrected chi connectivity index (χ1v) is 5.00. The van der Waals surface area contributed by atoms with Gasteiger partial charge in [0.25, 0.3) is 0 Å². The standard InChI is InChI=1S/C10H10BrNO/c1-6(2)8-3-7(11)4-9-10(8)13-5-12-9/h3-6H,1-2H3. The Morgan fingerprint density at radius 3 is 2.85 bits per heavy atom. The SMILES string of the molecule is CC(C)c1cc(Br)cc2ncoc12. The minimum absolute atomic E-state index is 0.452. The number of oxazole rings is 1. The maximum atomic E-state index is 5.33. The van der Waals surface area contributed by atoms with Crippen molar-refractivity contribution >= 4 is 27.0 Å². The Kier molecular flexibility index (Phi) is 2.12. The van der Waals surface area contributed by atoms with Crippen LogP contribution in [0.5, 0.6) is 0 Å². The van der Waals surface area contributed by atoms with Gasteiger partial charge in [0.1, 0.15) is 5.52 Å². The van der Waals surface area contributed by atoms with Gasteiger partial charge in [-0.25, -0.2) is 4.98 Å². The minimum atomic E-state index is 0.452. The molecule has 0 atom stereocenters. The van der Waals surface area contributed by atoms with Crippen LogP contribution in [0.2, 0.25) is 0 Å². The van der Waals surface area contributed by atoms with E-state index in [0.29, 0.717) is 5.92 Å². The van der Waals surface area contributed by atoms with E-state index in [4.69, 9.17) is 4.42 Å². The van der Waals surface area contributed by atoms with Crippen molar-refractivity contribution in [1.82, 2.24) is 4.98 Å². The Morgan fingerprint density at radius 2 is 2.15 bits per heavy atom. The molecule has 0 aliphatic carbocycles. The summed E-state index contributed by atoms with van der Waals surface area (Å²) in [7, 11) is 0. The Bertz CT molecular complexity index is 433. The van der Waals surface area contributed by atoms with Gasteiger partial charge in [0.2, 0.25) is 0 Å². The number of halogens is 1. The zero-order chi connectivity index (χ0) is 9.42. The fraction of sp³-hybridized carbons (Fsp3) is 0.300. The Hall–Kier alpha value is -0.830. The lowest BCUT2D eigenvalue weighted by molar-refractivity contribution is 0.594. The van der Waals surface area contributed by atoms with E-state index in [1.54, 1.807) is 0 Å². The first kappa shape index (κ1) is 8.75. The average molecular weight is 240 g/mol. The lowest BCUT2D eigenvalue weighted by Gasteiger charge is -2.05. The summed E-state index contributed by atoms with van der Waals surface area (Å²) < 4.78 is 6.39. The van der Waals surface area contributed by atoms with E-state index in [2.05, 4.69) is 40.8 Å². The molecule has 1 aromatic heterocycles. The van der Waals surface area contributed by atoms with Gasteiger partial charge in [0.05, 0.1) is 0 Å². The largest absolute Gasteiger partial charge is 0.443 e. The molecule has 1 aromatic carbocycles. The van der Waals surface area contributed by atoms with Gasteiger partial charge in [0, 0.05) is 10.0 Å². The molecule has 2 rings (SSSR count). The van der Waals surface area contributed by atoms with Crippen molar-refractivity contribution in [2.24, 2.45) is 0 Å². The molecule has 0 amide bonds. The van der Waals surface area contributed by atoms with Gasteiger partial charge in [-0.1, -0.05) is 29.8 Å². The maximum absolute atomic E-state index is 5.33. The van der Waals surface area contributed by atoms with Gasteiger partial charge in [-0.15, -0.1) is 0 Å². The molecule has 0 unspecified atom stereocenters. The summed E-state index contributed by atoms with van der Waals surface area (Å²) in [5.74, 6) is 0.452. The van der Waals surface area contributed by atoms with Crippen LogP contribution in [-0.2, 0) is 0 Å². The summed E-state index contributed by atoms with van der Waals surface area (Å²) in [6.45, 7) is 4.29. The van der Waals surface area contributed by atoms with Gasteiger partial charge >= 0.3 is 0 Å². The normalized spacial score (nSPS) is 11.4. The second-order valence-corrected chi connectivity index (χ2v) is 4.27. The van der Waals surface area contributed by atoms with Crippen LogP contribution in [0.15, 0.2) is 27.4 Å². The van der Waals surface area contributed by atoms with Gasteiger partial charge in [-0.3, -0.25) is 0 Å². The quantitative estimate of drug-likeness (QED) is 0.759. The van der Waals surface area contributed by atoms with Crippen molar-refractivity contribution in [1.29, 1.82) is 0 Å². The van der Waals surface area contributed by atoms with Crippen molar-refractivity contribution < 1.29 is 4.42 Å². The number of hydrogen-bond donors (Lipinski definition) is 0. The van der Waals surface area contributed by atoms with Gasteiger partial charge in [0.15, 0.2) is 12.0 Å². The molecule has 1 heterocycles. The van der Waals surface area contributed by atoms with Crippen molar-refractivity contribution in [3.05, 3.63) is 28.6 Å². The molecule has 0 bridgehead atoms. The number of benzene rings is 1. The summed E-state index contributed by atoms with van der Waals surface area (Å²) in [6, 6.07) is 4.04. The molecule has 0 N–H and O–H groups in total. The van der Waals surface area contributed by atoms with Crippen molar-refractivity contribution in [3.8, 4) is 0 Å². The monoisotopic (exact) mass is 239 g/mol. The molecule has 0 aliphatic heterocycles. The summed E-state index contributed by atoms with van der Waals surface area (Å²) in [6.07, 6.45) is 1.49. The minimum Gasteiger partial charge on any atom is -0.443 e. The van der Waals surface area contributed by atoms with Crippen LogP contribution in [-0.4, -0.2) is 4.98 Å². The van der Waals surface area contributed by atoms with Crippen LogP contribution in [0.4, 0.5) is 0 Å². The number of hydrogen-bond acceptors (Lipinski definition) is 2. The van der Waals surface area contributed by atoms with Gasteiger partial charge < -0.3 is 4.42 Å². The molecular formula is C10H10BrNO. The van der Waals surface area contributed by atoms with E-state index in [0.717, 1.165) is 15.6 Å². The third kappa shape index (κ3) is 1.48. The van der Waals surface area contributed by atoms with Crippen LogP contribution in [0.3, 0.4) is 0 Å². The van der Waals surface area contributed by atoms with Crippen molar-refractivity contribution in [2.75, 3.05) is 0 Å². The lowest BCUT2D eigenvalue weighted by atomic mass is 10.0. The molecule has 68 valence electrons. The highest BCUT2D eigenvalue weighted by Crippen LogP contribution is 2.28. The molecule has 13 heavy (non-hydrogen) atoms. The highest BCUT2D eigenvalue weighted by Gasteiger charge is 2.09. The van der Waals surface area contributed by atoms with E-state index in [1.165, 1.54) is 12.0 Å². The summed E-state index contributed by atoms with van der Waals surface area (Å²) in [5.41, 5.74) is 3.01. The second-order valence-electron chi connectivity index (χ2n) is 3.35. The van der Waals surface area contributed by atoms with E-state index in [1.807, 2.05) is 6.07 Å². The van der Waals surface area contributed by atoms with Crippen molar-refractivity contribution in [2.45, 2.75) is 19.8 Å². The van der Waals surface area contributed by atoms with E-state index >= 15 is 0 Å². The zero-order valence-corrected chi connectivity index (χ0v) is 9.13.